The lowest BCUT2D eigenvalue weighted by Crippen LogP contribution is -2.58. The van der Waals surface area contributed by atoms with Crippen molar-refractivity contribution in [2.45, 2.75) is 44.8 Å². The lowest BCUT2D eigenvalue weighted by Gasteiger charge is -2.39. The molecule has 0 unspecified atom stereocenters. The summed E-state index contributed by atoms with van der Waals surface area (Å²) in [5, 5.41) is 20.0. The van der Waals surface area contributed by atoms with Crippen molar-refractivity contribution in [3.8, 4) is 0 Å². The molecule has 1 saturated carbocycles. The van der Waals surface area contributed by atoms with Crippen LogP contribution in [0.1, 0.15) is 37.7 Å². The van der Waals surface area contributed by atoms with Crippen molar-refractivity contribution in [3.05, 3.63) is 29.8 Å². The molecule has 1 aliphatic rings. The number of nitrogens with two attached hydrogens (primary N) is 1. The number of aliphatic hydroxyl groups excluding tert-OH is 1. The fourth-order valence-corrected chi connectivity index (χ4v) is 4.17. The van der Waals surface area contributed by atoms with Gasteiger partial charge in [-0.15, -0.1) is 0 Å². The van der Waals surface area contributed by atoms with Crippen LogP contribution in [0.3, 0.4) is 0 Å². The Morgan fingerprint density at radius 3 is 2.14 bits per heavy atom. The van der Waals surface area contributed by atoms with E-state index in [1.807, 2.05) is 0 Å². The number of aliphatic imine (C=N–C) groups is 1. The molecule has 0 saturated heterocycles. The first-order valence-corrected chi connectivity index (χ1v) is 14.1. The molecule has 0 bridgehead atoms. The molecule has 1 atom stereocenters. The molecule has 1 aromatic carbocycles. The van der Waals surface area contributed by atoms with Crippen LogP contribution in [0.25, 0.3) is 0 Å². The number of rotatable bonds is 22. The van der Waals surface area contributed by atoms with Gasteiger partial charge >= 0.3 is 6.03 Å². The van der Waals surface area contributed by atoms with Gasteiger partial charge in [-0.3, -0.25) is 19.4 Å². The molecule has 0 aliphatic heterocycles. The molecule has 234 valence electrons. The van der Waals surface area contributed by atoms with Crippen molar-refractivity contribution in [2.24, 2.45) is 16.1 Å². The quantitative estimate of drug-likeness (QED) is 0.0617. The summed E-state index contributed by atoms with van der Waals surface area (Å²) in [5.74, 6) is -1.40. The number of carbonyl (C=O) groups is 4. The number of nitrogens with zero attached hydrogens (tertiary/aromatic N) is 1. The van der Waals surface area contributed by atoms with Gasteiger partial charge in [0, 0.05) is 18.8 Å². The standard InChI is InChI=1S/C28H44N6O8/c1-30-12-14-40-16-18-42-19-17-41-15-13-31-25(37)28(9-3-10-28)26(38)34-23(4-2-11-32-27(29)39)24(36)33-22-7-5-21(20-35)6-8-22/h5-8,23,35H,1-4,9-20H2,(H,31,37)(H,33,36)(H,34,38)(H3,29,32,39)/t23-/m0/s1. The van der Waals surface area contributed by atoms with Crippen LogP contribution in [0.2, 0.25) is 0 Å². The predicted molar refractivity (Wildman–Crippen MR) is 156 cm³/mol. The molecule has 5 amide bonds. The van der Waals surface area contributed by atoms with Crippen LogP contribution < -0.4 is 27.0 Å². The average Bonchev–Trinajstić information content (AvgIpc) is 2.94. The van der Waals surface area contributed by atoms with E-state index in [0.29, 0.717) is 76.5 Å². The van der Waals surface area contributed by atoms with Gasteiger partial charge in [-0.2, -0.15) is 0 Å². The number of hydrogen-bond donors (Lipinski definition) is 6. The topological polar surface area (TPSA) is 203 Å². The highest BCUT2D eigenvalue weighted by molar-refractivity contribution is 6.07. The molecule has 1 fully saturated rings. The first kappa shape index (κ1) is 34.6. The first-order chi connectivity index (χ1) is 20.3. The van der Waals surface area contributed by atoms with Gasteiger partial charge in [0.25, 0.3) is 0 Å². The van der Waals surface area contributed by atoms with Crippen LogP contribution in [0.5, 0.6) is 0 Å². The van der Waals surface area contributed by atoms with Crippen molar-refractivity contribution in [2.75, 3.05) is 64.6 Å². The molecule has 14 nitrogen and oxygen atoms in total. The van der Waals surface area contributed by atoms with E-state index in [1.54, 1.807) is 24.3 Å². The van der Waals surface area contributed by atoms with E-state index >= 15 is 0 Å². The van der Waals surface area contributed by atoms with Crippen LogP contribution in [0, 0.1) is 5.41 Å². The number of anilines is 1. The second kappa shape index (κ2) is 19.5. The molecular weight excluding hydrogens is 548 g/mol. The minimum atomic E-state index is -1.27. The lowest BCUT2D eigenvalue weighted by atomic mass is 9.67. The molecule has 0 radical (unpaired) electrons. The average molecular weight is 593 g/mol. The smallest absolute Gasteiger partial charge is 0.312 e. The molecule has 7 N–H and O–H groups in total. The van der Waals surface area contributed by atoms with Crippen molar-refractivity contribution in [3.63, 3.8) is 0 Å². The van der Waals surface area contributed by atoms with Crippen LogP contribution >= 0.6 is 0 Å². The SMILES string of the molecule is C=NCCOCCOCCOCCNC(=O)C1(C(=O)N[C@@H](CCCNC(N)=O)C(=O)Nc2ccc(CO)cc2)CCC1. The Bertz CT molecular complexity index is 1000. The van der Waals surface area contributed by atoms with Crippen LogP contribution in [0.15, 0.2) is 29.3 Å². The second-order valence-corrected chi connectivity index (χ2v) is 9.78. The maximum Gasteiger partial charge on any atom is 0.312 e. The number of nitrogens with one attached hydrogen (secondary N) is 4. The van der Waals surface area contributed by atoms with E-state index in [-0.39, 0.29) is 32.7 Å². The van der Waals surface area contributed by atoms with Gasteiger partial charge in [0.1, 0.15) is 11.5 Å². The summed E-state index contributed by atoms with van der Waals surface area (Å²) in [6, 6.07) is 4.98. The van der Waals surface area contributed by atoms with E-state index < -0.39 is 35.2 Å². The number of amides is 5. The fraction of sp³-hybridized carbons (Fsp3) is 0.607. The number of benzene rings is 1. The summed E-state index contributed by atoms with van der Waals surface area (Å²) in [7, 11) is 0. The van der Waals surface area contributed by atoms with Gasteiger partial charge < -0.3 is 46.3 Å². The maximum absolute atomic E-state index is 13.4. The van der Waals surface area contributed by atoms with Crippen molar-refractivity contribution in [1.29, 1.82) is 0 Å². The summed E-state index contributed by atoms with van der Waals surface area (Å²) in [4.78, 5) is 54.2. The third-order valence-corrected chi connectivity index (χ3v) is 6.74. The van der Waals surface area contributed by atoms with Crippen molar-refractivity contribution < 1.29 is 38.5 Å². The highest BCUT2D eigenvalue weighted by Crippen LogP contribution is 2.41. The van der Waals surface area contributed by atoms with Crippen LogP contribution in [-0.4, -0.2) is 101 Å². The van der Waals surface area contributed by atoms with E-state index in [0.717, 1.165) is 0 Å². The van der Waals surface area contributed by atoms with Crippen molar-refractivity contribution in [1.82, 2.24) is 16.0 Å². The Kier molecular flexibility index (Phi) is 16.1. The van der Waals surface area contributed by atoms with Gasteiger partial charge in [-0.05, 0) is 50.1 Å². The number of primary amides is 1. The normalized spacial score (nSPS) is 14.2. The van der Waals surface area contributed by atoms with Gasteiger partial charge in [-0.25, -0.2) is 4.79 Å². The zero-order chi connectivity index (χ0) is 30.6. The number of urea groups is 1. The number of hydrogen-bond acceptors (Lipinski definition) is 9. The van der Waals surface area contributed by atoms with Gasteiger partial charge in [0.05, 0.1) is 52.8 Å². The van der Waals surface area contributed by atoms with Crippen molar-refractivity contribution >= 4 is 36.2 Å². The molecule has 0 heterocycles. The predicted octanol–water partition coefficient (Wildman–Crippen LogP) is 0.0876. The Morgan fingerprint density at radius 2 is 1.57 bits per heavy atom. The minimum Gasteiger partial charge on any atom is -0.392 e. The zero-order valence-electron chi connectivity index (χ0n) is 24.0. The highest BCUT2D eigenvalue weighted by atomic mass is 16.5. The van der Waals surface area contributed by atoms with E-state index in [1.165, 1.54) is 0 Å². The molecule has 0 aromatic heterocycles. The van der Waals surface area contributed by atoms with Gasteiger partial charge in [-0.1, -0.05) is 18.6 Å². The summed E-state index contributed by atoms with van der Waals surface area (Å²) in [6.45, 7) is 6.62. The zero-order valence-corrected chi connectivity index (χ0v) is 24.0. The monoisotopic (exact) mass is 592 g/mol. The molecule has 1 aliphatic carbocycles. The number of carbonyl (C=O) groups excluding carboxylic acids is 4. The number of aliphatic hydroxyl groups is 1. The maximum atomic E-state index is 13.4. The molecular formula is C28H44N6O8. The van der Waals surface area contributed by atoms with Gasteiger partial charge in [0.2, 0.25) is 17.7 Å². The molecule has 14 heteroatoms. The minimum absolute atomic E-state index is 0.129. The fourth-order valence-electron chi connectivity index (χ4n) is 4.17. The number of ether oxygens (including phenoxy) is 3. The third-order valence-electron chi connectivity index (χ3n) is 6.74. The van der Waals surface area contributed by atoms with Gasteiger partial charge in [0.15, 0.2) is 0 Å². The summed E-state index contributed by atoms with van der Waals surface area (Å²) >= 11 is 0. The van der Waals surface area contributed by atoms with Crippen LogP contribution in [0.4, 0.5) is 10.5 Å². The van der Waals surface area contributed by atoms with E-state index in [2.05, 4.69) is 33.0 Å². The Labute approximate surface area is 246 Å². The first-order valence-electron chi connectivity index (χ1n) is 14.1. The second-order valence-electron chi connectivity index (χ2n) is 9.78. The molecule has 42 heavy (non-hydrogen) atoms. The molecule has 1 aromatic rings. The summed E-state index contributed by atoms with van der Waals surface area (Å²) in [6.07, 6.45) is 2.01. The largest absolute Gasteiger partial charge is 0.392 e. The summed E-state index contributed by atoms with van der Waals surface area (Å²) in [5.41, 5.74) is 5.02. The Morgan fingerprint density at radius 1 is 0.929 bits per heavy atom. The van der Waals surface area contributed by atoms with E-state index in [9.17, 15) is 24.3 Å². The molecule has 0 spiro atoms. The summed E-state index contributed by atoms with van der Waals surface area (Å²) < 4.78 is 16.2. The molecule has 2 rings (SSSR count). The van der Waals surface area contributed by atoms with E-state index in [4.69, 9.17) is 19.9 Å². The Balaban J connectivity index is 1.83. The highest BCUT2D eigenvalue weighted by Gasteiger charge is 2.51. The lowest BCUT2D eigenvalue weighted by molar-refractivity contribution is -0.151. The Hall–Kier alpha value is -3.59. The third kappa shape index (κ3) is 12.1. The van der Waals surface area contributed by atoms with Crippen LogP contribution in [-0.2, 0) is 35.2 Å².